The third-order valence-electron chi connectivity index (χ3n) is 5.67. The number of hydrogen-bond donors (Lipinski definition) is 1. The molecule has 2 aliphatic rings. The van der Waals surface area contributed by atoms with Crippen molar-refractivity contribution in [2.45, 2.75) is 26.8 Å². The van der Waals surface area contributed by atoms with E-state index in [1.807, 2.05) is 19.9 Å². The van der Waals surface area contributed by atoms with Gasteiger partial charge in [0, 0.05) is 38.8 Å². The first-order valence-corrected chi connectivity index (χ1v) is 10.5. The maximum atomic E-state index is 13.1. The summed E-state index contributed by atoms with van der Waals surface area (Å²) in [7, 11) is 0. The summed E-state index contributed by atoms with van der Waals surface area (Å²) < 4.78 is 0. The maximum absolute atomic E-state index is 13.1. The fraction of sp³-hybridized carbons (Fsp3) is 0.409. The van der Waals surface area contributed by atoms with Crippen LogP contribution in [0.15, 0.2) is 30.3 Å². The fourth-order valence-electron chi connectivity index (χ4n) is 4.08. The van der Waals surface area contributed by atoms with Crippen LogP contribution in [0.25, 0.3) is 0 Å². The molecule has 2 aliphatic heterocycles. The Labute approximate surface area is 181 Å². The number of nitrogens with zero attached hydrogens (tertiary/aromatic N) is 5. The van der Waals surface area contributed by atoms with Gasteiger partial charge in [-0.3, -0.25) is 19.3 Å². The smallest absolute Gasteiger partial charge is 0.262 e. The molecule has 1 fully saturated rings. The molecular formula is C22H26N6O3. The van der Waals surface area contributed by atoms with Crippen LogP contribution in [0.4, 0.5) is 11.6 Å². The predicted octanol–water partition coefficient (Wildman–Crippen LogP) is 1.55. The van der Waals surface area contributed by atoms with E-state index in [2.05, 4.69) is 20.2 Å². The van der Waals surface area contributed by atoms with Gasteiger partial charge >= 0.3 is 0 Å². The van der Waals surface area contributed by atoms with E-state index in [9.17, 15) is 14.4 Å². The van der Waals surface area contributed by atoms with E-state index in [-0.39, 0.29) is 5.91 Å². The molecule has 3 heterocycles. The van der Waals surface area contributed by atoms with Gasteiger partial charge < -0.3 is 15.1 Å². The largest absolute Gasteiger partial charge is 0.370 e. The first-order chi connectivity index (χ1) is 14.9. The number of imide groups is 1. The number of aromatic nitrogens is 2. The Balaban J connectivity index is 1.42. The van der Waals surface area contributed by atoms with Crippen molar-refractivity contribution in [2.75, 3.05) is 42.9 Å². The quantitative estimate of drug-likeness (QED) is 0.730. The predicted molar refractivity (Wildman–Crippen MR) is 116 cm³/mol. The van der Waals surface area contributed by atoms with E-state index >= 15 is 0 Å². The molecular weight excluding hydrogens is 396 g/mol. The van der Waals surface area contributed by atoms with Crippen molar-refractivity contribution in [3.05, 3.63) is 47.3 Å². The molecule has 0 spiro atoms. The van der Waals surface area contributed by atoms with Crippen molar-refractivity contribution in [1.29, 1.82) is 0 Å². The molecule has 0 aliphatic carbocycles. The third-order valence-corrected chi connectivity index (χ3v) is 5.67. The minimum atomic E-state index is -0.847. The molecule has 1 atom stereocenters. The molecule has 1 aromatic heterocycles. The number of carbonyl (C=O) groups is 3. The van der Waals surface area contributed by atoms with Gasteiger partial charge in [-0.15, -0.1) is 0 Å². The standard InChI is InChI=1S/C22H26N6O3/c1-4-23-18-13-19(25-15(3)24-18)26-9-11-27(12-10-26)20(29)14(2)28-21(30)16-7-5-6-8-17(16)22(28)31/h5-8,13-14H,4,9-12H2,1-3H3,(H,23,24,25). The van der Waals surface area contributed by atoms with E-state index in [4.69, 9.17) is 0 Å². The second-order valence-corrected chi connectivity index (χ2v) is 7.70. The first kappa shape index (κ1) is 20.8. The molecule has 1 saturated heterocycles. The van der Waals surface area contributed by atoms with E-state index in [1.165, 1.54) is 0 Å². The average molecular weight is 422 g/mol. The minimum absolute atomic E-state index is 0.221. The van der Waals surface area contributed by atoms with Crippen LogP contribution in [0.2, 0.25) is 0 Å². The molecule has 162 valence electrons. The van der Waals surface area contributed by atoms with Crippen LogP contribution < -0.4 is 10.2 Å². The van der Waals surface area contributed by atoms with Gasteiger partial charge in [0.05, 0.1) is 11.1 Å². The second kappa shape index (κ2) is 8.33. The number of anilines is 2. The topological polar surface area (TPSA) is 98.7 Å². The lowest BCUT2D eigenvalue weighted by molar-refractivity contribution is -0.135. The summed E-state index contributed by atoms with van der Waals surface area (Å²) in [5.74, 6) is 1.25. The number of carbonyl (C=O) groups excluding carboxylic acids is 3. The molecule has 0 bridgehead atoms. The Bertz CT molecular complexity index is 997. The minimum Gasteiger partial charge on any atom is -0.370 e. The number of benzene rings is 1. The summed E-state index contributed by atoms with van der Waals surface area (Å²) in [5.41, 5.74) is 0.709. The Morgan fingerprint density at radius 2 is 1.68 bits per heavy atom. The average Bonchev–Trinajstić information content (AvgIpc) is 3.03. The molecule has 3 amide bonds. The van der Waals surface area contributed by atoms with Gasteiger partial charge in [-0.05, 0) is 32.9 Å². The molecule has 31 heavy (non-hydrogen) atoms. The summed E-state index contributed by atoms with van der Waals surface area (Å²) >= 11 is 0. The summed E-state index contributed by atoms with van der Waals surface area (Å²) in [6, 6.07) is 7.74. The van der Waals surface area contributed by atoms with Crippen LogP contribution in [-0.2, 0) is 4.79 Å². The summed E-state index contributed by atoms with van der Waals surface area (Å²) in [6.07, 6.45) is 0. The fourth-order valence-corrected chi connectivity index (χ4v) is 4.08. The highest BCUT2D eigenvalue weighted by Crippen LogP contribution is 2.25. The van der Waals surface area contributed by atoms with Gasteiger partial charge in [0.2, 0.25) is 5.91 Å². The van der Waals surface area contributed by atoms with Gasteiger partial charge in [0.25, 0.3) is 11.8 Å². The van der Waals surface area contributed by atoms with Crippen LogP contribution in [-0.4, -0.2) is 76.3 Å². The number of amides is 3. The molecule has 1 unspecified atom stereocenters. The normalized spacial score (nSPS) is 17.1. The van der Waals surface area contributed by atoms with Crippen LogP contribution in [0, 0.1) is 6.92 Å². The van der Waals surface area contributed by atoms with Crippen LogP contribution in [0.3, 0.4) is 0 Å². The van der Waals surface area contributed by atoms with Crippen molar-refractivity contribution in [1.82, 2.24) is 19.8 Å². The van der Waals surface area contributed by atoms with Gasteiger partial charge in [0.15, 0.2) is 0 Å². The number of hydrogen-bond acceptors (Lipinski definition) is 7. The molecule has 0 radical (unpaired) electrons. The zero-order chi connectivity index (χ0) is 22.1. The molecule has 9 heteroatoms. The molecule has 1 aromatic carbocycles. The van der Waals surface area contributed by atoms with E-state index < -0.39 is 17.9 Å². The number of nitrogens with one attached hydrogen (secondary N) is 1. The van der Waals surface area contributed by atoms with Crippen LogP contribution >= 0.6 is 0 Å². The first-order valence-electron chi connectivity index (χ1n) is 10.5. The number of aryl methyl sites for hydroxylation is 1. The van der Waals surface area contributed by atoms with Crippen molar-refractivity contribution < 1.29 is 14.4 Å². The van der Waals surface area contributed by atoms with Crippen molar-refractivity contribution in [2.24, 2.45) is 0 Å². The lowest BCUT2D eigenvalue weighted by atomic mass is 10.1. The van der Waals surface area contributed by atoms with Gasteiger partial charge in [0.1, 0.15) is 23.5 Å². The summed E-state index contributed by atoms with van der Waals surface area (Å²) in [5, 5.41) is 3.21. The van der Waals surface area contributed by atoms with Gasteiger partial charge in [-0.1, -0.05) is 12.1 Å². The van der Waals surface area contributed by atoms with Crippen molar-refractivity contribution in [3.8, 4) is 0 Å². The highest BCUT2D eigenvalue weighted by Gasteiger charge is 2.42. The Morgan fingerprint density at radius 1 is 1.06 bits per heavy atom. The Hall–Kier alpha value is -3.49. The number of piperazine rings is 1. The highest BCUT2D eigenvalue weighted by atomic mass is 16.2. The zero-order valence-corrected chi connectivity index (χ0v) is 18.0. The Kier molecular flexibility index (Phi) is 5.58. The van der Waals surface area contributed by atoms with Crippen LogP contribution in [0.1, 0.15) is 40.4 Å². The van der Waals surface area contributed by atoms with Crippen molar-refractivity contribution in [3.63, 3.8) is 0 Å². The maximum Gasteiger partial charge on any atom is 0.262 e. The lowest BCUT2D eigenvalue weighted by Crippen LogP contribution is -2.55. The summed E-state index contributed by atoms with van der Waals surface area (Å²) in [4.78, 5) is 52.3. The zero-order valence-electron chi connectivity index (χ0n) is 18.0. The highest BCUT2D eigenvalue weighted by molar-refractivity contribution is 6.22. The van der Waals surface area contributed by atoms with Crippen LogP contribution in [0.5, 0.6) is 0 Å². The van der Waals surface area contributed by atoms with Crippen molar-refractivity contribution >= 4 is 29.4 Å². The molecule has 1 N–H and O–H groups in total. The number of rotatable bonds is 5. The van der Waals surface area contributed by atoms with E-state index in [0.717, 1.165) is 23.1 Å². The Morgan fingerprint density at radius 3 is 2.26 bits per heavy atom. The second-order valence-electron chi connectivity index (χ2n) is 7.70. The lowest BCUT2D eigenvalue weighted by Gasteiger charge is -2.37. The molecule has 0 saturated carbocycles. The SMILES string of the molecule is CCNc1cc(N2CCN(C(=O)C(C)N3C(=O)c4ccccc4C3=O)CC2)nc(C)n1. The third kappa shape index (κ3) is 3.83. The number of fused-ring (bicyclic) bond motifs is 1. The monoisotopic (exact) mass is 422 g/mol. The summed E-state index contributed by atoms with van der Waals surface area (Å²) in [6.45, 7) is 8.47. The molecule has 9 nitrogen and oxygen atoms in total. The van der Waals surface area contributed by atoms with Gasteiger partial charge in [-0.2, -0.15) is 0 Å². The molecule has 4 rings (SSSR count). The van der Waals surface area contributed by atoms with Gasteiger partial charge in [-0.25, -0.2) is 9.97 Å². The van der Waals surface area contributed by atoms with E-state index in [1.54, 1.807) is 36.1 Å². The van der Waals surface area contributed by atoms with E-state index in [0.29, 0.717) is 43.1 Å². The molecule has 2 aromatic rings.